The molecule has 0 aromatic carbocycles. The summed E-state index contributed by atoms with van der Waals surface area (Å²) in [5.74, 6) is -5.90. The van der Waals surface area contributed by atoms with Crippen LogP contribution in [-0.4, -0.2) is 31.2 Å². The second kappa shape index (κ2) is 6.00. The van der Waals surface area contributed by atoms with Gasteiger partial charge < -0.3 is 0 Å². The summed E-state index contributed by atoms with van der Waals surface area (Å²) in [5.41, 5.74) is 0. The number of alkyl halides is 13. The third-order valence-electron chi connectivity index (χ3n) is 0.883. The molecule has 0 radical (unpaired) electrons. The monoisotopic (exact) mass is 324 g/mol. The van der Waals surface area contributed by atoms with Crippen molar-refractivity contribution < 1.29 is 61.8 Å². The van der Waals surface area contributed by atoms with Gasteiger partial charge in [-0.3, -0.25) is 0 Å². The first kappa shape index (κ1) is 20.4. The van der Waals surface area contributed by atoms with Gasteiger partial charge in [0.05, 0.1) is 0 Å². The van der Waals surface area contributed by atoms with E-state index in [1.165, 1.54) is 0 Å². The quantitative estimate of drug-likeness (QED) is 0.646. The summed E-state index contributed by atoms with van der Waals surface area (Å²) in [6.45, 7) is 0. The van der Waals surface area contributed by atoms with Crippen molar-refractivity contribution in [3.63, 3.8) is 0 Å². The highest BCUT2D eigenvalue weighted by Gasteiger charge is 2.64. The number of hydrogen-bond acceptors (Lipinski definition) is 1. The Hall–Kier alpha value is -0.950. The minimum Gasteiger partial charge on any atom is -0.203 e. The Bertz CT molecular complexity index is 244. The summed E-state index contributed by atoms with van der Waals surface area (Å²) in [6, 6.07) is 0. The van der Waals surface area contributed by atoms with Crippen LogP contribution in [0.4, 0.5) is 57.1 Å². The van der Waals surface area contributed by atoms with E-state index in [9.17, 15) is 57.1 Å². The summed E-state index contributed by atoms with van der Waals surface area (Å²) >= 11 is 0. The van der Waals surface area contributed by atoms with Crippen molar-refractivity contribution in [3.8, 4) is 0 Å². The molecule has 0 unspecified atom stereocenters. The maximum Gasteiger partial charge on any atom is 0.529 e. The molecule has 0 aromatic rings. The molecule has 0 N–H and O–H groups in total. The van der Waals surface area contributed by atoms with Gasteiger partial charge in [0, 0.05) is 0 Å². The van der Waals surface area contributed by atoms with Crippen LogP contribution in [0.1, 0.15) is 0 Å². The van der Waals surface area contributed by atoms with Crippen LogP contribution in [0, 0.1) is 0 Å². The fourth-order valence-corrected chi connectivity index (χ4v) is 0.255. The topological polar surface area (TPSA) is 9.23 Å². The number of ether oxygens (including phenoxy) is 1. The Morgan fingerprint density at radius 3 is 0.842 bits per heavy atom. The number of halogens is 13. The highest BCUT2D eigenvalue weighted by molar-refractivity contribution is 4.77. The van der Waals surface area contributed by atoms with Crippen molar-refractivity contribution in [2.75, 3.05) is 0 Å². The van der Waals surface area contributed by atoms with Crippen LogP contribution in [0.5, 0.6) is 0 Å². The third kappa shape index (κ3) is 9.61. The Balaban J connectivity index is 0. The van der Waals surface area contributed by atoms with Crippen LogP contribution < -0.4 is 0 Å². The molecule has 0 atom stereocenters. The highest BCUT2D eigenvalue weighted by Crippen LogP contribution is 2.39. The average Bonchev–Trinajstić information content (AvgIpc) is 1.94. The van der Waals surface area contributed by atoms with Crippen LogP contribution in [0.25, 0.3) is 0 Å². The summed E-state index contributed by atoms with van der Waals surface area (Å²) in [7, 11) is 0. The second-order valence-electron chi connectivity index (χ2n) is 2.41. The van der Waals surface area contributed by atoms with Crippen molar-refractivity contribution in [2.45, 2.75) is 31.2 Å². The van der Waals surface area contributed by atoms with E-state index < -0.39 is 31.2 Å². The molecule has 0 saturated carbocycles. The fourth-order valence-electron chi connectivity index (χ4n) is 0.255. The SMILES string of the molecule is FC(F)(F)OC(F)(F)F.FC(F)C(F)(F)C(F)(F)F. The van der Waals surface area contributed by atoms with Crippen molar-refractivity contribution in [1.29, 1.82) is 0 Å². The normalized spacial score (nSPS) is 14.2. The molecule has 1 nitrogen and oxygen atoms in total. The van der Waals surface area contributed by atoms with Crippen molar-refractivity contribution in [2.24, 2.45) is 0 Å². The maximum absolute atomic E-state index is 11.2. The standard InChI is InChI=1S/C3HF7.C2F6O/c4-1(5)2(6,7)3(8,9)10;3-1(4,5)9-2(6,7)8/h1H;. The maximum atomic E-state index is 11.2. The molecule has 0 amide bonds. The van der Waals surface area contributed by atoms with Gasteiger partial charge in [-0.2, -0.15) is 26.7 Å². The molecular formula is C5HF13O. The van der Waals surface area contributed by atoms with Gasteiger partial charge in [-0.25, -0.2) is 8.78 Å². The smallest absolute Gasteiger partial charge is 0.203 e. The van der Waals surface area contributed by atoms with E-state index in [1.807, 2.05) is 0 Å². The van der Waals surface area contributed by atoms with Crippen LogP contribution >= 0.6 is 0 Å². The summed E-state index contributed by atoms with van der Waals surface area (Å²) < 4.78 is 142. The van der Waals surface area contributed by atoms with Gasteiger partial charge in [0.1, 0.15) is 0 Å². The molecule has 0 rings (SSSR count). The lowest BCUT2D eigenvalue weighted by atomic mass is 10.3. The van der Waals surface area contributed by atoms with Crippen LogP contribution in [0.2, 0.25) is 0 Å². The molecule has 0 aliphatic heterocycles. The van der Waals surface area contributed by atoms with E-state index in [0.717, 1.165) is 0 Å². The first-order valence-electron chi connectivity index (χ1n) is 3.46. The molecular weight excluding hydrogens is 323 g/mol. The Morgan fingerprint density at radius 2 is 0.842 bits per heavy atom. The predicted octanol–water partition coefficient (Wildman–Crippen LogP) is 4.49. The first-order chi connectivity index (χ1) is 7.90. The van der Waals surface area contributed by atoms with Gasteiger partial charge in [-0.15, -0.1) is 26.3 Å². The Labute approximate surface area is 94.5 Å². The lowest BCUT2D eigenvalue weighted by Gasteiger charge is -2.17. The zero-order chi connectivity index (χ0) is 16.3. The van der Waals surface area contributed by atoms with E-state index in [1.54, 1.807) is 4.74 Å². The second-order valence-corrected chi connectivity index (χ2v) is 2.41. The highest BCUT2D eigenvalue weighted by atomic mass is 19.4. The third-order valence-corrected chi connectivity index (χ3v) is 0.883. The lowest BCUT2D eigenvalue weighted by Crippen LogP contribution is -2.42. The molecule has 0 heterocycles. The summed E-state index contributed by atoms with van der Waals surface area (Å²) in [6.07, 6.45) is -22.1. The van der Waals surface area contributed by atoms with Crippen LogP contribution in [0.15, 0.2) is 0 Å². The van der Waals surface area contributed by atoms with Gasteiger partial charge in [0.25, 0.3) is 0 Å². The van der Waals surface area contributed by atoms with Gasteiger partial charge in [-0.05, 0) is 0 Å². The molecule has 118 valence electrons. The molecule has 19 heavy (non-hydrogen) atoms. The predicted molar refractivity (Wildman–Crippen MR) is 30.2 cm³/mol. The number of hydrogen-bond donors (Lipinski definition) is 0. The van der Waals surface area contributed by atoms with Gasteiger partial charge >= 0.3 is 31.2 Å². The van der Waals surface area contributed by atoms with Crippen LogP contribution in [0.3, 0.4) is 0 Å². The average molecular weight is 324 g/mol. The van der Waals surface area contributed by atoms with Gasteiger partial charge in [0.2, 0.25) is 0 Å². The minimum absolute atomic E-state index is 1.62. The van der Waals surface area contributed by atoms with Crippen molar-refractivity contribution >= 4 is 0 Å². The summed E-state index contributed by atoms with van der Waals surface area (Å²) in [5, 5.41) is 0. The van der Waals surface area contributed by atoms with E-state index in [4.69, 9.17) is 0 Å². The van der Waals surface area contributed by atoms with Gasteiger partial charge in [-0.1, -0.05) is 0 Å². The van der Waals surface area contributed by atoms with E-state index >= 15 is 0 Å². The van der Waals surface area contributed by atoms with E-state index in [2.05, 4.69) is 0 Å². The minimum atomic E-state index is -6.17. The molecule has 0 aromatic heterocycles. The van der Waals surface area contributed by atoms with E-state index in [-0.39, 0.29) is 0 Å². The largest absolute Gasteiger partial charge is 0.529 e. The van der Waals surface area contributed by atoms with E-state index in [0.29, 0.717) is 0 Å². The molecule has 14 heteroatoms. The molecule has 0 spiro atoms. The zero-order valence-electron chi connectivity index (χ0n) is 7.90. The lowest BCUT2D eigenvalue weighted by molar-refractivity contribution is -0.463. The van der Waals surface area contributed by atoms with Crippen molar-refractivity contribution in [3.05, 3.63) is 0 Å². The Kier molecular flexibility index (Phi) is 6.44. The van der Waals surface area contributed by atoms with Crippen LogP contribution in [-0.2, 0) is 4.74 Å². The molecule has 0 saturated heterocycles. The zero-order valence-corrected chi connectivity index (χ0v) is 7.90. The summed E-state index contributed by atoms with van der Waals surface area (Å²) in [4.78, 5) is 0. The van der Waals surface area contributed by atoms with Gasteiger partial charge in [0.15, 0.2) is 0 Å². The molecule has 0 fully saturated rings. The first-order valence-corrected chi connectivity index (χ1v) is 3.46. The molecule has 0 aliphatic carbocycles. The fraction of sp³-hybridized carbons (Fsp3) is 1.00. The molecule has 0 aliphatic rings. The Morgan fingerprint density at radius 1 is 0.579 bits per heavy atom. The molecule has 0 bridgehead atoms. The number of rotatable bonds is 1. The van der Waals surface area contributed by atoms with Crippen molar-refractivity contribution in [1.82, 2.24) is 0 Å².